The van der Waals surface area contributed by atoms with Gasteiger partial charge in [0.15, 0.2) is 0 Å². The number of hydrogen-bond acceptors (Lipinski definition) is 4. The maximum Gasteiger partial charge on any atom is 0.389 e. The molecular formula is C9H15F3N4O2S. The lowest BCUT2D eigenvalue weighted by molar-refractivity contribution is -0.135. The Bertz CT molecular complexity index is 524. The highest BCUT2D eigenvalue weighted by Gasteiger charge is 2.27. The lowest BCUT2D eigenvalue weighted by atomic mass is 10.3. The zero-order valence-electron chi connectivity index (χ0n) is 10.2. The first kappa shape index (κ1) is 15.9. The molecule has 0 bridgehead atoms. The molecule has 0 atom stereocenters. The zero-order chi connectivity index (χ0) is 14.7. The second-order valence-corrected chi connectivity index (χ2v) is 5.65. The number of aromatic nitrogens is 2. The van der Waals surface area contributed by atoms with Crippen LogP contribution in [0.2, 0.25) is 0 Å². The van der Waals surface area contributed by atoms with Gasteiger partial charge in [-0.05, 0) is 13.3 Å². The van der Waals surface area contributed by atoms with E-state index in [2.05, 4.69) is 14.9 Å². The average Bonchev–Trinajstić information content (AvgIpc) is 2.65. The van der Waals surface area contributed by atoms with Gasteiger partial charge in [-0.3, -0.25) is 5.10 Å². The molecule has 0 saturated heterocycles. The van der Waals surface area contributed by atoms with Crippen molar-refractivity contribution in [1.29, 1.82) is 0 Å². The highest BCUT2D eigenvalue weighted by Crippen LogP contribution is 2.21. The largest absolute Gasteiger partial charge is 0.389 e. The molecule has 0 amide bonds. The van der Waals surface area contributed by atoms with Gasteiger partial charge in [0, 0.05) is 19.5 Å². The number of nitrogens with two attached hydrogens (primary N) is 1. The van der Waals surface area contributed by atoms with Crippen LogP contribution in [-0.2, 0) is 16.6 Å². The van der Waals surface area contributed by atoms with Crippen LogP contribution in [0.3, 0.4) is 0 Å². The minimum absolute atomic E-state index is 0.0802. The van der Waals surface area contributed by atoms with E-state index in [0.29, 0.717) is 5.69 Å². The first-order chi connectivity index (χ1) is 8.67. The van der Waals surface area contributed by atoms with Crippen LogP contribution in [-0.4, -0.2) is 31.3 Å². The van der Waals surface area contributed by atoms with Crippen LogP contribution in [0.5, 0.6) is 0 Å². The van der Waals surface area contributed by atoms with Gasteiger partial charge < -0.3 is 5.73 Å². The van der Waals surface area contributed by atoms with Crippen LogP contribution >= 0.6 is 0 Å². The summed E-state index contributed by atoms with van der Waals surface area (Å²) in [6, 6.07) is 0. The van der Waals surface area contributed by atoms with Crippen molar-refractivity contribution in [2.24, 2.45) is 5.73 Å². The first-order valence-corrected chi connectivity index (χ1v) is 6.96. The summed E-state index contributed by atoms with van der Waals surface area (Å²) in [5.41, 5.74) is 5.80. The molecule has 0 saturated carbocycles. The Balaban J connectivity index is 2.69. The molecule has 19 heavy (non-hydrogen) atoms. The minimum atomic E-state index is -4.29. The summed E-state index contributed by atoms with van der Waals surface area (Å²) in [5, 5.41) is 6.20. The Hall–Kier alpha value is -1.13. The number of sulfonamides is 1. The Morgan fingerprint density at radius 3 is 2.58 bits per heavy atom. The Labute approximate surface area is 108 Å². The fourth-order valence-electron chi connectivity index (χ4n) is 1.53. The molecule has 1 heterocycles. The number of nitrogens with one attached hydrogen (secondary N) is 2. The molecule has 10 heteroatoms. The summed E-state index contributed by atoms with van der Waals surface area (Å²) in [7, 11) is -3.90. The van der Waals surface area contributed by atoms with Crippen molar-refractivity contribution in [3.63, 3.8) is 0 Å². The van der Waals surface area contributed by atoms with Crippen molar-refractivity contribution in [2.75, 3.05) is 6.54 Å². The van der Waals surface area contributed by atoms with Crippen molar-refractivity contribution in [1.82, 2.24) is 14.9 Å². The lowest BCUT2D eigenvalue weighted by Crippen LogP contribution is -2.27. The molecule has 0 aliphatic heterocycles. The maximum absolute atomic E-state index is 11.9. The molecule has 6 nitrogen and oxygen atoms in total. The van der Waals surface area contributed by atoms with Gasteiger partial charge in [-0.25, -0.2) is 13.1 Å². The first-order valence-electron chi connectivity index (χ1n) is 5.47. The van der Waals surface area contributed by atoms with Crippen LogP contribution in [0.25, 0.3) is 0 Å². The van der Waals surface area contributed by atoms with Gasteiger partial charge in [0.05, 0.1) is 11.4 Å². The van der Waals surface area contributed by atoms with Crippen molar-refractivity contribution >= 4 is 10.0 Å². The Morgan fingerprint density at radius 2 is 2.05 bits per heavy atom. The highest BCUT2D eigenvalue weighted by atomic mass is 32.2. The number of aryl methyl sites for hydroxylation is 1. The molecule has 0 fully saturated rings. The van der Waals surface area contributed by atoms with Gasteiger partial charge in [-0.15, -0.1) is 0 Å². The van der Waals surface area contributed by atoms with E-state index in [1.807, 2.05) is 0 Å². The van der Waals surface area contributed by atoms with E-state index in [4.69, 9.17) is 5.73 Å². The molecule has 1 rings (SSSR count). The van der Waals surface area contributed by atoms with Crippen LogP contribution in [0.15, 0.2) is 4.90 Å². The van der Waals surface area contributed by atoms with E-state index in [1.54, 1.807) is 0 Å². The van der Waals surface area contributed by atoms with E-state index >= 15 is 0 Å². The third-order valence-corrected chi connectivity index (χ3v) is 4.02. The van der Waals surface area contributed by atoms with Crippen molar-refractivity contribution < 1.29 is 21.6 Å². The maximum atomic E-state index is 11.9. The standard InChI is InChI=1S/C9H15F3N4O2S/c1-6-8(7(5-13)16-15-6)19(17,18)14-4-2-3-9(10,11)12/h14H,2-5,13H2,1H3,(H,15,16). The smallest absolute Gasteiger partial charge is 0.325 e. The molecule has 4 N–H and O–H groups in total. The van der Waals surface area contributed by atoms with E-state index in [-0.39, 0.29) is 30.1 Å². The van der Waals surface area contributed by atoms with Gasteiger partial charge >= 0.3 is 6.18 Å². The minimum Gasteiger partial charge on any atom is -0.325 e. The fourth-order valence-corrected chi connectivity index (χ4v) is 2.98. The van der Waals surface area contributed by atoms with E-state index in [0.717, 1.165) is 0 Å². The molecule has 0 radical (unpaired) electrons. The predicted octanol–water partition coefficient (Wildman–Crippen LogP) is 0.798. The number of H-pyrrole nitrogens is 1. The highest BCUT2D eigenvalue weighted by molar-refractivity contribution is 7.89. The number of alkyl halides is 3. The molecule has 0 aliphatic rings. The van der Waals surface area contributed by atoms with Crippen LogP contribution in [0, 0.1) is 6.92 Å². The molecule has 0 aromatic carbocycles. The third kappa shape index (κ3) is 4.48. The molecular weight excluding hydrogens is 285 g/mol. The lowest BCUT2D eigenvalue weighted by Gasteiger charge is -2.08. The molecule has 110 valence electrons. The summed E-state index contributed by atoms with van der Waals surface area (Å²) in [5.74, 6) is 0. The summed E-state index contributed by atoms with van der Waals surface area (Å²) in [6.45, 7) is 1.12. The molecule has 0 aliphatic carbocycles. The van der Waals surface area contributed by atoms with Crippen molar-refractivity contribution in [2.45, 2.75) is 37.4 Å². The van der Waals surface area contributed by atoms with Gasteiger partial charge in [0.2, 0.25) is 10.0 Å². The third-order valence-electron chi connectivity index (χ3n) is 2.35. The molecule has 0 unspecified atom stereocenters. The van der Waals surface area contributed by atoms with Gasteiger partial charge in [0.1, 0.15) is 4.90 Å². The Kier molecular flexibility index (Phi) is 4.93. The topological polar surface area (TPSA) is 101 Å². The van der Waals surface area contributed by atoms with Crippen LogP contribution < -0.4 is 10.5 Å². The number of hydrogen-bond donors (Lipinski definition) is 3. The van der Waals surface area contributed by atoms with Gasteiger partial charge in [-0.2, -0.15) is 18.3 Å². The average molecular weight is 300 g/mol. The second kappa shape index (κ2) is 5.88. The van der Waals surface area contributed by atoms with Crippen LogP contribution in [0.1, 0.15) is 24.2 Å². The predicted molar refractivity (Wildman–Crippen MR) is 61.7 cm³/mol. The van der Waals surface area contributed by atoms with E-state index in [1.165, 1.54) is 6.92 Å². The number of nitrogens with zero attached hydrogens (tertiary/aromatic N) is 1. The number of aromatic amines is 1. The summed E-state index contributed by atoms with van der Waals surface area (Å²) < 4.78 is 61.7. The van der Waals surface area contributed by atoms with Crippen LogP contribution in [0.4, 0.5) is 13.2 Å². The van der Waals surface area contributed by atoms with Gasteiger partial charge in [-0.1, -0.05) is 0 Å². The molecule has 0 spiro atoms. The fraction of sp³-hybridized carbons (Fsp3) is 0.667. The summed E-state index contributed by atoms with van der Waals surface area (Å²) >= 11 is 0. The van der Waals surface area contributed by atoms with E-state index < -0.39 is 22.6 Å². The van der Waals surface area contributed by atoms with E-state index in [9.17, 15) is 21.6 Å². The summed E-state index contributed by atoms with van der Waals surface area (Å²) in [6.07, 6.45) is -5.65. The number of rotatable bonds is 6. The molecule has 1 aromatic rings. The summed E-state index contributed by atoms with van der Waals surface area (Å²) in [4.78, 5) is -0.0954. The SMILES string of the molecule is Cc1[nH]nc(CN)c1S(=O)(=O)NCCCC(F)(F)F. The second-order valence-electron chi connectivity index (χ2n) is 3.95. The monoisotopic (exact) mass is 300 g/mol. The zero-order valence-corrected chi connectivity index (χ0v) is 11.0. The number of halogens is 3. The quantitative estimate of drug-likeness (QED) is 0.676. The molecule has 1 aromatic heterocycles. The normalized spacial score (nSPS) is 12.9. The van der Waals surface area contributed by atoms with Gasteiger partial charge in [0.25, 0.3) is 0 Å². The Morgan fingerprint density at radius 1 is 1.42 bits per heavy atom. The van der Waals surface area contributed by atoms with Crippen molar-refractivity contribution in [3.8, 4) is 0 Å². The van der Waals surface area contributed by atoms with Crippen molar-refractivity contribution in [3.05, 3.63) is 11.4 Å².